The Bertz CT molecular complexity index is 5760. The van der Waals surface area contributed by atoms with Crippen molar-refractivity contribution in [1.29, 1.82) is 0 Å². The number of hydrogen-bond acceptors (Lipinski definition) is 6. The van der Waals surface area contributed by atoms with Gasteiger partial charge in [0.25, 0.3) is 0 Å². The van der Waals surface area contributed by atoms with Gasteiger partial charge in [-0.25, -0.2) is 0 Å². The lowest BCUT2D eigenvalue weighted by Gasteiger charge is -1.95. The van der Waals surface area contributed by atoms with Crippen molar-refractivity contribution in [1.82, 2.24) is 0 Å². The van der Waals surface area contributed by atoms with Crippen LogP contribution in [-0.4, -0.2) is 0 Å². The number of furan rings is 2. The minimum atomic E-state index is 0.966. The molecule has 0 amide bonds. The summed E-state index contributed by atoms with van der Waals surface area (Å²) in [6, 6.07) is 110. The zero-order valence-electron chi connectivity index (χ0n) is 56.5. The maximum Gasteiger partial charge on any atom is 0.135 e. The van der Waals surface area contributed by atoms with Gasteiger partial charge < -0.3 is 8.83 Å². The molecule has 6 heteroatoms. The second-order valence-corrected chi connectivity index (χ2v) is 29.0. The van der Waals surface area contributed by atoms with E-state index in [1.54, 1.807) is 0 Å². The molecule has 0 saturated carbocycles. The van der Waals surface area contributed by atoms with Crippen LogP contribution in [0, 0.1) is 55.4 Å². The molecule has 480 valence electrons. The summed E-state index contributed by atoms with van der Waals surface area (Å²) in [5.74, 6) is 0. The van der Waals surface area contributed by atoms with Gasteiger partial charge in [0.15, 0.2) is 0 Å². The summed E-state index contributed by atoms with van der Waals surface area (Å²) in [4.78, 5) is 0. The third-order valence-corrected chi connectivity index (χ3v) is 22.0. The van der Waals surface area contributed by atoms with E-state index in [9.17, 15) is 0 Å². The molecule has 0 aliphatic rings. The Balaban J connectivity index is 0.000000102. The van der Waals surface area contributed by atoms with Crippen LogP contribution in [0.1, 0.15) is 44.5 Å². The highest BCUT2D eigenvalue weighted by Gasteiger charge is 2.10. The lowest BCUT2D eigenvalue weighted by molar-refractivity contribution is 0.668. The summed E-state index contributed by atoms with van der Waals surface area (Å²) >= 11 is 7.51. The monoisotopic (exact) mass is 1340 g/mol. The highest BCUT2D eigenvalue weighted by molar-refractivity contribution is 7.27. The predicted molar refractivity (Wildman–Crippen MR) is 436 cm³/mol. The predicted octanol–water partition coefficient (Wildman–Crippen LogP) is 29.2. The second kappa shape index (κ2) is 30.7. The number of rotatable bonds is 0. The molecule has 20 rings (SSSR count). The van der Waals surface area contributed by atoms with E-state index in [0.717, 1.165) is 22.3 Å². The summed E-state index contributed by atoms with van der Waals surface area (Å²) in [5.41, 5.74) is 14.5. The Morgan fingerprint density at radius 1 is 0.184 bits per heavy atom. The Morgan fingerprint density at radius 3 is 1.18 bits per heavy atom. The molecular weight excluding hydrogens is 1270 g/mol. The van der Waals surface area contributed by atoms with Gasteiger partial charge in [0, 0.05) is 102 Å². The topological polar surface area (TPSA) is 26.3 Å². The maximum absolute atomic E-state index is 5.73. The van der Waals surface area contributed by atoms with E-state index in [2.05, 4.69) is 280 Å². The summed E-state index contributed by atoms with van der Waals surface area (Å²) in [6.45, 7) is 17.0. The van der Waals surface area contributed by atoms with E-state index in [-0.39, 0.29) is 0 Å². The highest BCUT2D eigenvalue weighted by Crippen LogP contribution is 2.39. The Labute approximate surface area is 589 Å². The summed E-state index contributed by atoms with van der Waals surface area (Å²) in [6.07, 6.45) is 0. The number of thiophene rings is 4. The average Bonchev–Trinajstić information content (AvgIpc) is 1.73. The summed E-state index contributed by atoms with van der Waals surface area (Å²) in [7, 11) is 0. The molecule has 0 atom stereocenters. The van der Waals surface area contributed by atoms with Gasteiger partial charge >= 0.3 is 0 Å². The standard InChI is InChI=1S/2C13H10O.4C13H10S.2C7H8/c1-9-5-4-8-12-13(9)10-6-2-3-7-11(10)14-12;1-9-6-7-13-11(8-9)10-4-2-3-5-12(10)14-13;1-9-5-4-7-11-10-6-2-3-8-12(10)14-13(9)11;1-9-5-4-8-12-13(9)10-6-2-3-7-11(10)14-12;1-9-6-7-13-11(8-9)10-4-2-3-5-12(10)14-13;1-9-6-7-11-10-4-2-3-5-12(10)14-13(11)8-9;2*1-7-5-3-2-4-6-7/h6*2-8H,1H3;2*2-6H,1H3. The lowest BCUT2D eigenvalue weighted by Crippen LogP contribution is -1.72. The van der Waals surface area contributed by atoms with Crippen molar-refractivity contribution in [3.05, 3.63) is 360 Å². The van der Waals surface area contributed by atoms with Crippen molar-refractivity contribution in [2.45, 2.75) is 55.4 Å². The summed E-state index contributed by atoms with van der Waals surface area (Å²) in [5, 5.41) is 16.0. The van der Waals surface area contributed by atoms with E-state index < -0.39 is 0 Å². The first-order valence-corrected chi connectivity index (χ1v) is 36.4. The van der Waals surface area contributed by atoms with Gasteiger partial charge in [0.05, 0.1) is 0 Å². The Kier molecular flexibility index (Phi) is 20.8. The van der Waals surface area contributed by atoms with Gasteiger partial charge in [-0.1, -0.05) is 259 Å². The number of aryl methyl sites for hydroxylation is 8. The third kappa shape index (κ3) is 15.2. The fraction of sp³-hybridized carbons (Fsp3) is 0.0870. The second-order valence-electron chi connectivity index (χ2n) is 24.7. The first kappa shape index (κ1) is 66.2. The molecule has 0 saturated heterocycles. The van der Waals surface area contributed by atoms with E-state index in [4.69, 9.17) is 8.83 Å². The van der Waals surface area contributed by atoms with E-state index in [1.807, 2.05) is 136 Å². The molecule has 6 heterocycles. The normalized spacial score (nSPS) is 10.9. The van der Waals surface area contributed by atoms with Gasteiger partial charge in [-0.2, -0.15) is 0 Å². The fourth-order valence-corrected chi connectivity index (χ4v) is 17.0. The lowest BCUT2D eigenvalue weighted by atomic mass is 10.1. The molecule has 0 bridgehead atoms. The molecule has 20 aromatic rings. The molecule has 6 aromatic heterocycles. The van der Waals surface area contributed by atoms with Crippen LogP contribution < -0.4 is 0 Å². The Morgan fingerprint density at radius 2 is 0.551 bits per heavy atom. The SMILES string of the molecule is Cc1ccc2c(c1)sc1ccccc12.Cc1ccc2oc3ccccc3c2c1.Cc1ccc2sc3ccccc3c2c1.Cc1cccc2c1sc1ccccc12.Cc1cccc2oc3ccccc3c12.Cc1cccc2sc3ccccc3c12.Cc1ccccc1.Cc1ccccc1. The van der Waals surface area contributed by atoms with Crippen LogP contribution in [0.15, 0.2) is 324 Å². The van der Waals surface area contributed by atoms with E-state index in [0.29, 0.717) is 0 Å². The van der Waals surface area contributed by atoms with Crippen molar-refractivity contribution in [2.75, 3.05) is 0 Å². The van der Waals surface area contributed by atoms with Crippen molar-refractivity contribution in [3.8, 4) is 0 Å². The van der Waals surface area contributed by atoms with Crippen molar-refractivity contribution < 1.29 is 8.83 Å². The van der Waals surface area contributed by atoms with Crippen molar-refractivity contribution >= 4 is 170 Å². The molecule has 14 aromatic carbocycles. The molecule has 0 fully saturated rings. The smallest absolute Gasteiger partial charge is 0.135 e. The van der Waals surface area contributed by atoms with E-state index in [1.165, 1.54) is 147 Å². The minimum Gasteiger partial charge on any atom is -0.456 e. The van der Waals surface area contributed by atoms with Crippen LogP contribution in [0.25, 0.3) is 125 Å². The first-order valence-electron chi connectivity index (χ1n) is 33.2. The molecule has 0 spiro atoms. The molecule has 0 radical (unpaired) electrons. The number of para-hydroxylation sites is 2. The number of hydrogen-bond donors (Lipinski definition) is 0. The van der Waals surface area contributed by atoms with Gasteiger partial charge in [0.2, 0.25) is 0 Å². The van der Waals surface area contributed by atoms with Crippen LogP contribution in [-0.2, 0) is 0 Å². The first-order chi connectivity index (χ1) is 47.9. The molecule has 0 aliphatic heterocycles. The molecule has 0 N–H and O–H groups in total. The third-order valence-electron chi connectivity index (χ3n) is 17.3. The Hall–Kier alpha value is -10.4. The van der Waals surface area contributed by atoms with Gasteiger partial charge in [0.1, 0.15) is 22.3 Å². The van der Waals surface area contributed by atoms with Crippen LogP contribution in [0.2, 0.25) is 0 Å². The van der Waals surface area contributed by atoms with Crippen molar-refractivity contribution in [2.24, 2.45) is 0 Å². The van der Waals surface area contributed by atoms with Gasteiger partial charge in [-0.3, -0.25) is 0 Å². The van der Waals surface area contributed by atoms with Gasteiger partial charge in [-0.05, 0) is 157 Å². The highest BCUT2D eigenvalue weighted by atomic mass is 32.1. The van der Waals surface area contributed by atoms with Gasteiger partial charge in [-0.15, -0.1) is 45.3 Å². The van der Waals surface area contributed by atoms with E-state index >= 15 is 0 Å². The molecule has 98 heavy (non-hydrogen) atoms. The van der Waals surface area contributed by atoms with Crippen LogP contribution in [0.5, 0.6) is 0 Å². The summed E-state index contributed by atoms with van der Waals surface area (Å²) < 4.78 is 22.6. The number of benzene rings is 14. The van der Waals surface area contributed by atoms with Crippen LogP contribution >= 0.6 is 45.3 Å². The largest absolute Gasteiger partial charge is 0.456 e. The molecular formula is C92H76O2S4. The fourth-order valence-electron chi connectivity index (χ4n) is 12.4. The molecule has 0 unspecified atom stereocenters. The maximum atomic E-state index is 5.73. The number of fused-ring (bicyclic) bond motifs is 18. The zero-order valence-corrected chi connectivity index (χ0v) is 59.7. The minimum absolute atomic E-state index is 0.966. The zero-order chi connectivity index (χ0) is 67.5. The van der Waals surface area contributed by atoms with Crippen LogP contribution in [0.4, 0.5) is 0 Å². The average molecular weight is 1340 g/mol. The van der Waals surface area contributed by atoms with Crippen LogP contribution in [0.3, 0.4) is 0 Å². The quantitative estimate of drug-likeness (QED) is 0.151. The van der Waals surface area contributed by atoms with Crippen molar-refractivity contribution in [3.63, 3.8) is 0 Å². The molecule has 2 nitrogen and oxygen atoms in total. The molecule has 0 aliphatic carbocycles.